The van der Waals surface area contributed by atoms with Gasteiger partial charge in [-0.15, -0.1) is 0 Å². The maximum absolute atomic E-state index is 12.1. The monoisotopic (exact) mass is 355 g/mol. The van der Waals surface area contributed by atoms with Crippen LogP contribution in [0.25, 0.3) is 0 Å². The molecule has 0 aliphatic heterocycles. The first-order valence-corrected chi connectivity index (χ1v) is 9.64. The molecule has 25 heavy (non-hydrogen) atoms. The van der Waals surface area contributed by atoms with E-state index in [1.807, 2.05) is 6.92 Å². The lowest BCUT2D eigenvalue weighted by molar-refractivity contribution is -0.120. The molecule has 0 unspecified atom stereocenters. The van der Waals surface area contributed by atoms with E-state index in [4.69, 9.17) is 4.74 Å². The van der Waals surface area contributed by atoms with Gasteiger partial charge in [0.1, 0.15) is 6.54 Å². The van der Waals surface area contributed by atoms with E-state index in [0.29, 0.717) is 12.0 Å². The third-order valence-electron chi connectivity index (χ3n) is 4.37. The maximum atomic E-state index is 12.1. The fourth-order valence-corrected chi connectivity index (χ4v) is 2.97. The molecule has 0 radical (unpaired) electrons. The van der Waals surface area contributed by atoms with E-state index in [1.54, 1.807) is 7.11 Å². The van der Waals surface area contributed by atoms with Crippen molar-refractivity contribution in [3.8, 4) is 0 Å². The standard InChI is InChI=1S/C18H37N5O2/c1-4-19-18(20-11-13-23(2)12-8-14-25-3)21-15-17(24)22-16-9-6-5-7-10-16/h16H,4-15H2,1-3H3,(H,22,24)(H2,19,20,21). The first-order chi connectivity index (χ1) is 12.2. The van der Waals surface area contributed by atoms with Gasteiger partial charge in [0.05, 0.1) is 0 Å². The van der Waals surface area contributed by atoms with Gasteiger partial charge in [0.15, 0.2) is 5.96 Å². The average Bonchev–Trinajstić information content (AvgIpc) is 2.61. The van der Waals surface area contributed by atoms with Crippen molar-refractivity contribution in [2.75, 3.05) is 53.5 Å². The van der Waals surface area contributed by atoms with Gasteiger partial charge in [-0.25, -0.2) is 4.99 Å². The van der Waals surface area contributed by atoms with Gasteiger partial charge in [-0.05, 0) is 33.2 Å². The number of guanidine groups is 1. The molecule has 1 rings (SSSR count). The number of amides is 1. The molecule has 1 saturated carbocycles. The van der Waals surface area contributed by atoms with Gasteiger partial charge in [-0.2, -0.15) is 0 Å². The second-order valence-corrected chi connectivity index (χ2v) is 6.67. The zero-order chi connectivity index (χ0) is 18.3. The molecule has 1 fully saturated rings. The Morgan fingerprint density at radius 2 is 1.96 bits per heavy atom. The van der Waals surface area contributed by atoms with Gasteiger partial charge >= 0.3 is 0 Å². The molecule has 0 aromatic carbocycles. The quantitative estimate of drug-likeness (QED) is 0.292. The summed E-state index contributed by atoms with van der Waals surface area (Å²) in [4.78, 5) is 18.7. The van der Waals surface area contributed by atoms with Crippen molar-refractivity contribution in [3.05, 3.63) is 0 Å². The van der Waals surface area contributed by atoms with Crippen LogP contribution in [0.1, 0.15) is 45.4 Å². The number of aliphatic imine (C=N–C) groups is 1. The molecule has 0 atom stereocenters. The Hall–Kier alpha value is -1.34. The molecule has 0 saturated heterocycles. The van der Waals surface area contributed by atoms with E-state index < -0.39 is 0 Å². The molecular weight excluding hydrogens is 318 g/mol. The summed E-state index contributed by atoms with van der Waals surface area (Å²) in [5.41, 5.74) is 0. The number of hydrogen-bond donors (Lipinski definition) is 3. The van der Waals surface area contributed by atoms with Crippen LogP contribution >= 0.6 is 0 Å². The molecule has 1 amide bonds. The SMILES string of the molecule is CCNC(=NCC(=O)NC1CCCCC1)NCCN(C)CCCOC. The molecule has 0 aromatic rings. The zero-order valence-electron chi connectivity index (χ0n) is 16.3. The van der Waals surface area contributed by atoms with E-state index in [-0.39, 0.29) is 12.5 Å². The van der Waals surface area contributed by atoms with Crippen LogP contribution in [0.15, 0.2) is 4.99 Å². The number of rotatable bonds is 11. The van der Waals surface area contributed by atoms with E-state index in [9.17, 15) is 4.79 Å². The van der Waals surface area contributed by atoms with Crippen molar-refractivity contribution in [2.45, 2.75) is 51.5 Å². The minimum Gasteiger partial charge on any atom is -0.385 e. The van der Waals surface area contributed by atoms with Gasteiger partial charge in [0.25, 0.3) is 0 Å². The largest absolute Gasteiger partial charge is 0.385 e. The van der Waals surface area contributed by atoms with Crippen molar-refractivity contribution < 1.29 is 9.53 Å². The highest BCUT2D eigenvalue weighted by Gasteiger charge is 2.15. The highest BCUT2D eigenvalue weighted by molar-refractivity contribution is 5.85. The fourth-order valence-electron chi connectivity index (χ4n) is 2.97. The Bertz CT molecular complexity index is 384. The molecule has 0 aromatic heterocycles. The highest BCUT2D eigenvalue weighted by Crippen LogP contribution is 2.17. The van der Waals surface area contributed by atoms with Crippen LogP contribution in [0, 0.1) is 0 Å². The van der Waals surface area contributed by atoms with Crippen LogP contribution in [-0.4, -0.2) is 76.3 Å². The predicted molar refractivity (Wildman–Crippen MR) is 103 cm³/mol. The van der Waals surface area contributed by atoms with Crippen LogP contribution in [0.5, 0.6) is 0 Å². The van der Waals surface area contributed by atoms with Crippen molar-refractivity contribution in [2.24, 2.45) is 4.99 Å². The molecule has 1 aliphatic rings. The minimum absolute atomic E-state index is 0.0146. The lowest BCUT2D eigenvalue weighted by Crippen LogP contribution is -2.42. The predicted octanol–water partition coefficient (Wildman–Crippen LogP) is 0.959. The number of methoxy groups -OCH3 is 1. The smallest absolute Gasteiger partial charge is 0.242 e. The van der Waals surface area contributed by atoms with Crippen molar-refractivity contribution in [1.82, 2.24) is 20.9 Å². The van der Waals surface area contributed by atoms with Crippen molar-refractivity contribution in [3.63, 3.8) is 0 Å². The molecule has 0 bridgehead atoms. The number of nitrogens with zero attached hydrogens (tertiary/aromatic N) is 2. The van der Waals surface area contributed by atoms with E-state index in [2.05, 4.69) is 32.9 Å². The summed E-state index contributed by atoms with van der Waals surface area (Å²) in [7, 11) is 3.82. The molecule has 146 valence electrons. The zero-order valence-corrected chi connectivity index (χ0v) is 16.3. The molecule has 7 heteroatoms. The van der Waals surface area contributed by atoms with Crippen LogP contribution < -0.4 is 16.0 Å². The number of carbonyl (C=O) groups is 1. The maximum Gasteiger partial charge on any atom is 0.242 e. The summed E-state index contributed by atoms with van der Waals surface area (Å²) in [6.07, 6.45) is 6.96. The highest BCUT2D eigenvalue weighted by atomic mass is 16.5. The Morgan fingerprint density at radius 3 is 2.64 bits per heavy atom. The summed E-state index contributed by atoms with van der Waals surface area (Å²) in [5.74, 6) is 0.715. The van der Waals surface area contributed by atoms with Crippen molar-refractivity contribution >= 4 is 11.9 Å². The topological polar surface area (TPSA) is 78.0 Å². The summed E-state index contributed by atoms with van der Waals surface area (Å²) in [6, 6.07) is 0.341. The van der Waals surface area contributed by atoms with Crippen molar-refractivity contribution in [1.29, 1.82) is 0 Å². The number of carbonyl (C=O) groups excluding carboxylic acids is 1. The molecule has 3 N–H and O–H groups in total. The minimum atomic E-state index is 0.0146. The molecule has 0 heterocycles. The van der Waals surface area contributed by atoms with Crippen LogP contribution in [0.2, 0.25) is 0 Å². The number of likely N-dealkylation sites (N-methyl/N-ethyl adjacent to an activating group) is 1. The molecule has 0 spiro atoms. The van der Waals surface area contributed by atoms with E-state index in [1.165, 1.54) is 19.3 Å². The Balaban J connectivity index is 2.26. The lowest BCUT2D eigenvalue weighted by atomic mass is 9.95. The number of hydrogen-bond acceptors (Lipinski definition) is 4. The number of ether oxygens (including phenoxy) is 1. The van der Waals surface area contributed by atoms with Crippen LogP contribution in [0.4, 0.5) is 0 Å². The Kier molecular flexibility index (Phi) is 12.1. The Morgan fingerprint density at radius 1 is 1.20 bits per heavy atom. The Labute approximate surface area is 153 Å². The summed E-state index contributed by atoms with van der Waals surface area (Å²) in [6.45, 7) is 6.48. The average molecular weight is 356 g/mol. The summed E-state index contributed by atoms with van der Waals surface area (Å²) in [5, 5.41) is 9.57. The first-order valence-electron chi connectivity index (χ1n) is 9.64. The van der Waals surface area contributed by atoms with E-state index >= 15 is 0 Å². The second kappa shape index (κ2) is 13.9. The van der Waals surface area contributed by atoms with Gasteiger partial charge in [0.2, 0.25) is 5.91 Å². The molecule has 1 aliphatic carbocycles. The summed E-state index contributed by atoms with van der Waals surface area (Å²) < 4.78 is 5.07. The van der Waals surface area contributed by atoms with Crippen LogP contribution in [0.3, 0.4) is 0 Å². The molecule has 7 nitrogen and oxygen atoms in total. The number of nitrogens with one attached hydrogen (secondary N) is 3. The third-order valence-corrected chi connectivity index (χ3v) is 4.37. The first kappa shape index (κ1) is 21.7. The van der Waals surface area contributed by atoms with Crippen LogP contribution in [-0.2, 0) is 9.53 Å². The van der Waals surface area contributed by atoms with E-state index in [0.717, 1.165) is 52.0 Å². The van der Waals surface area contributed by atoms with Gasteiger partial charge in [0, 0.05) is 45.9 Å². The van der Waals surface area contributed by atoms with Gasteiger partial charge < -0.3 is 25.6 Å². The fraction of sp³-hybridized carbons (Fsp3) is 0.889. The van der Waals surface area contributed by atoms with Gasteiger partial charge in [-0.1, -0.05) is 19.3 Å². The third kappa shape index (κ3) is 11.0. The van der Waals surface area contributed by atoms with Gasteiger partial charge in [-0.3, -0.25) is 4.79 Å². The normalized spacial score (nSPS) is 16.1. The molecular formula is C18H37N5O2. The summed E-state index contributed by atoms with van der Waals surface area (Å²) >= 11 is 0. The second-order valence-electron chi connectivity index (χ2n) is 6.67. The lowest BCUT2D eigenvalue weighted by Gasteiger charge is -2.22.